The summed E-state index contributed by atoms with van der Waals surface area (Å²) in [5.41, 5.74) is -1.38. The van der Waals surface area contributed by atoms with Crippen molar-refractivity contribution in [1.29, 1.82) is 0 Å². The summed E-state index contributed by atoms with van der Waals surface area (Å²) in [6, 6.07) is 5.65. The molecule has 19 heavy (non-hydrogen) atoms. The summed E-state index contributed by atoms with van der Waals surface area (Å²) in [6.45, 7) is 0. The zero-order valence-electron chi connectivity index (χ0n) is 9.21. The molecule has 0 amide bonds. The number of rotatable bonds is 2. The molecular formula is C12H6BrF4NO. The molecule has 7 heteroatoms. The van der Waals surface area contributed by atoms with Crippen LogP contribution in [0.25, 0.3) is 0 Å². The highest BCUT2D eigenvalue weighted by atomic mass is 79.9. The molecule has 0 radical (unpaired) electrons. The van der Waals surface area contributed by atoms with Crippen LogP contribution in [-0.4, -0.2) is 4.98 Å². The Morgan fingerprint density at radius 2 is 1.89 bits per heavy atom. The van der Waals surface area contributed by atoms with Crippen molar-refractivity contribution in [3.8, 4) is 11.6 Å². The predicted octanol–water partition coefficient (Wildman–Crippen LogP) is 4.79. The van der Waals surface area contributed by atoms with Crippen LogP contribution in [0.4, 0.5) is 17.6 Å². The highest BCUT2D eigenvalue weighted by molar-refractivity contribution is 9.10. The molecule has 0 unspecified atom stereocenters. The predicted molar refractivity (Wildman–Crippen MR) is 63.4 cm³/mol. The van der Waals surface area contributed by atoms with Crippen LogP contribution in [0.5, 0.6) is 11.6 Å². The van der Waals surface area contributed by atoms with Gasteiger partial charge in [0.2, 0.25) is 5.88 Å². The highest BCUT2D eigenvalue weighted by Crippen LogP contribution is 2.35. The summed E-state index contributed by atoms with van der Waals surface area (Å²) in [6.07, 6.45) is -3.35. The first-order valence-electron chi connectivity index (χ1n) is 5.03. The van der Waals surface area contributed by atoms with Gasteiger partial charge >= 0.3 is 6.18 Å². The monoisotopic (exact) mass is 335 g/mol. The van der Waals surface area contributed by atoms with Crippen molar-refractivity contribution in [2.24, 2.45) is 0 Å². The minimum absolute atomic E-state index is 0.0993. The van der Waals surface area contributed by atoms with E-state index in [2.05, 4.69) is 20.9 Å². The smallest absolute Gasteiger partial charge is 0.419 e. The van der Waals surface area contributed by atoms with Crippen molar-refractivity contribution in [3.63, 3.8) is 0 Å². The van der Waals surface area contributed by atoms with Gasteiger partial charge in [-0.3, -0.25) is 0 Å². The third kappa shape index (κ3) is 3.23. The Balaban J connectivity index is 2.35. The van der Waals surface area contributed by atoms with Crippen LogP contribution < -0.4 is 4.74 Å². The van der Waals surface area contributed by atoms with Gasteiger partial charge in [-0.25, -0.2) is 9.37 Å². The van der Waals surface area contributed by atoms with E-state index in [1.54, 1.807) is 12.1 Å². The zero-order chi connectivity index (χ0) is 14.0. The molecule has 0 atom stereocenters. The number of hydrogen-bond donors (Lipinski definition) is 0. The van der Waals surface area contributed by atoms with E-state index in [1.807, 2.05) is 0 Å². The van der Waals surface area contributed by atoms with Crippen LogP contribution in [0.3, 0.4) is 0 Å². The van der Waals surface area contributed by atoms with Crippen molar-refractivity contribution in [2.45, 2.75) is 6.18 Å². The molecule has 2 rings (SSSR count). The second-order valence-corrected chi connectivity index (χ2v) is 4.39. The molecule has 0 saturated carbocycles. The number of aromatic nitrogens is 1. The third-order valence-electron chi connectivity index (χ3n) is 2.18. The number of alkyl halides is 3. The lowest BCUT2D eigenvalue weighted by Gasteiger charge is -2.11. The van der Waals surface area contributed by atoms with E-state index in [9.17, 15) is 17.6 Å². The molecule has 0 spiro atoms. The Hall–Kier alpha value is -1.63. The van der Waals surface area contributed by atoms with Crippen LogP contribution >= 0.6 is 15.9 Å². The molecule has 0 aliphatic carbocycles. The van der Waals surface area contributed by atoms with Crippen LogP contribution in [-0.2, 0) is 6.18 Å². The van der Waals surface area contributed by atoms with E-state index in [1.165, 1.54) is 6.20 Å². The Bertz CT molecular complexity index is 601. The van der Waals surface area contributed by atoms with Gasteiger partial charge in [-0.15, -0.1) is 0 Å². The quantitative estimate of drug-likeness (QED) is 0.736. The summed E-state index contributed by atoms with van der Waals surface area (Å²) in [5.74, 6) is -1.39. The van der Waals surface area contributed by atoms with Crippen molar-refractivity contribution >= 4 is 15.9 Å². The number of ether oxygens (including phenoxy) is 1. The first-order valence-corrected chi connectivity index (χ1v) is 5.82. The molecule has 0 saturated heterocycles. The second kappa shape index (κ2) is 5.16. The van der Waals surface area contributed by atoms with Gasteiger partial charge in [-0.1, -0.05) is 0 Å². The van der Waals surface area contributed by atoms with Crippen molar-refractivity contribution in [1.82, 2.24) is 4.98 Å². The Kier molecular flexibility index (Phi) is 3.75. The molecule has 1 heterocycles. The summed E-state index contributed by atoms with van der Waals surface area (Å²) >= 11 is 3.14. The van der Waals surface area contributed by atoms with E-state index < -0.39 is 17.6 Å². The van der Waals surface area contributed by atoms with Crippen molar-refractivity contribution in [2.75, 3.05) is 0 Å². The average Bonchev–Trinajstić information content (AvgIpc) is 2.33. The molecule has 2 nitrogen and oxygen atoms in total. The number of nitrogens with zero attached hydrogens (tertiary/aromatic N) is 1. The maximum atomic E-state index is 13.1. The van der Waals surface area contributed by atoms with E-state index >= 15 is 0 Å². The summed E-state index contributed by atoms with van der Waals surface area (Å²) in [4.78, 5) is 3.84. The summed E-state index contributed by atoms with van der Waals surface area (Å²) in [7, 11) is 0. The fourth-order valence-electron chi connectivity index (χ4n) is 1.34. The summed E-state index contributed by atoms with van der Waals surface area (Å²) < 4.78 is 56.3. The van der Waals surface area contributed by atoms with E-state index in [-0.39, 0.29) is 11.6 Å². The normalized spacial score (nSPS) is 11.4. The van der Waals surface area contributed by atoms with Gasteiger partial charge in [0.25, 0.3) is 0 Å². The number of halogens is 5. The van der Waals surface area contributed by atoms with Crippen LogP contribution in [0.2, 0.25) is 0 Å². The van der Waals surface area contributed by atoms with Gasteiger partial charge in [-0.05, 0) is 46.3 Å². The Morgan fingerprint density at radius 1 is 1.16 bits per heavy atom. The minimum Gasteiger partial charge on any atom is -0.438 e. The molecule has 1 aromatic heterocycles. The molecule has 0 fully saturated rings. The highest BCUT2D eigenvalue weighted by Gasteiger charge is 2.34. The van der Waals surface area contributed by atoms with Crippen molar-refractivity contribution < 1.29 is 22.3 Å². The minimum atomic E-state index is -4.77. The van der Waals surface area contributed by atoms with Gasteiger partial charge in [-0.2, -0.15) is 13.2 Å². The first-order chi connectivity index (χ1) is 8.88. The fraction of sp³-hybridized carbons (Fsp3) is 0.0833. The Labute approximate surface area is 114 Å². The second-order valence-electron chi connectivity index (χ2n) is 3.53. The maximum Gasteiger partial charge on any atom is 0.419 e. The van der Waals surface area contributed by atoms with Gasteiger partial charge < -0.3 is 4.74 Å². The molecular weight excluding hydrogens is 330 g/mol. The van der Waals surface area contributed by atoms with E-state index in [4.69, 9.17) is 4.74 Å². The van der Waals surface area contributed by atoms with Crippen LogP contribution in [0.1, 0.15) is 5.56 Å². The van der Waals surface area contributed by atoms with Crippen molar-refractivity contribution in [3.05, 3.63) is 52.4 Å². The molecule has 0 bridgehead atoms. The van der Waals surface area contributed by atoms with Crippen LogP contribution in [0, 0.1) is 5.82 Å². The average molecular weight is 336 g/mol. The molecule has 2 aromatic rings. The fourth-order valence-corrected chi connectivity index (χ4v) is 1.68. The molecule has 100 valence electrons. The number of hydrogen-bond acceptors (Lipinski definition) is 2. The zero-order valence-corrected chi connectivity index (χ0v) is 10.8. The molecule has 0 aliphatic rings. The van der Waals surface area contributed by atoms with Gasteiger partial charge in [0.15, 0.2) is 0 Å². The molecule has 0 N–H and O–H groups in total. The molecule has 0 aliphatic heterocycles. The SMILES string of the molecule is Fc1ccc(Oc2ncccc2Br)cc1C(F)(F)F. The van der Waals surface area contributed by atoms with Gasteiger partial charge in [0, 0.05) is 6.20 Å². The van der Waals surface area contributed by atoms with E-state index in [0.717, 1.165) is 6.07 Å². The number of pyridine rings is 1. The topological polar surface area (TPSA) is 22.1 Å². The first kappa shape index (κ1) is 13.8. The molecule has 1 aromatic carbocycles. The van der Waals surface area contributed by atoms with Gasteiger partial charge in [0.1, 0.15) is 11.6 Å². The van der Waals surface area contributed by atoms with Gasteiger partial charge in [0.05, 0.1) is 10.0 Å². The maximum absolute atomic E-state index is 13.1. The third-order valence-corrected chi connectivity index (χ3v) is 2.79. The summed E-state index contributed by atoms with van der Waals surface area (Å²) in [5, 5.41) is 0. The Morgan fingerprint density at radius 3 is 2.53 bits per heavy atom. The lowest BCUT2D eigenvalue weighted by atomic mass is 10.2. The largest absolute Gasteiger partial charge is 0.438 e. The number of benzene rings is 1. The van der Waals surface area contributed by atoms with E-state index in [0.29, 0.717) is 16.6 Å². The van der Waals surface area contributed by atoms with Crippen LogP contribution in [0.15, 0.2) is 41.0 Å². The lowest BCUT2D eigenvalue weighted by Crippen LogP contribution is -2.08. The lowest BCUT2D eigenvalue weighted by molar-refractivity contribution is -0.140. The standard InChI is InChI=1S/C12H6BrF4NO/c13-9-2-1-5-18-11(9)19-7-3-4-10(14)8(6-7)12(15,16)17/h1-6H.